The van der Waals surface area contributed by atoms with Gasteiger partial charge in [0.2, 0.25) is 0 Å². The number of carbonyl (C=O) groups is 1. The first-order chi connectivity index (χ1) is 12.8. The number of esters is 1. The van der Waals surface area contributed by atoms with Gasteiger partial charge in [0.25, 0.3) is 0 Å². The molecule has 0 rings (SSSR count). The fourth-order valence-corrected chi connectivity index (χ4v) is 3.21. The minimum absolute atomic E-state index is 0.170. The summed E-state index contributed by atoms with van der Waals surface area (Å²) in [4.78, 5) is 11.5. The molecular weight excluding hydrogens is 320 g/mol. The average Bonchev–Trinajstić information content (AvgIpc) is 2.64. The van der Waals surface area contributed by atoms with Crippen LogP contribution >= 0.6 is 0 Å². The van der Waals surface area contributed by atoms with Crippen molar-refractivity contribution < 1.29 is 9.53 Å². The van der Waals surface area contributed by atoms with Gasteiger partial charge in [0.15, 0.2) is 0 Å². The van der Waals surface area contributed by atoms with Gasteiger partial charge in [-0.1, -0.05) is 116 Å². The molecule has 0 aromatic heterocycles. The van der Waals surface area contributed by atoms with Crippen LogP contribution in [0.25, 0.3) is 0 Å². The molecule has 154 valence electrons. The van der Waals surface area contributed by atoms with Crippen molar-refractivity contribution in [3.63, 3.8) is 0 Å². The highest BCUT2D eigenvalue weighted by Gasteiger charge is 1.96. The summed E-state index contributed by atoms with van der Waals surface area (Å²) in [5, 5.41) is 0. The monoisotopic (exact) mass is 366 g/mol. The Hall–Kier alpha value is -0.790. The second-order valence-electron chi connectivity index (χ2n) is 7.66. The van der Waals surface area contributed by atoms with E-state index in [9.17, 15) is 4.79 Å². The van der Waals surface area contributed by atoms with Gasteiger partial charge >= 0.3 is 5.97 Å². The van der Waals surface area contributed by atoms with Gasteiger partial charge in [0.05, 0.1) is 6.61 Å². The second kappa shape index (κ2) is 22.3. The summed E-state index contributed by atoms with van der Waals surface area (Å²) >= 11 is 0. The highest BCUT2D eigenvalue weighted by molar-refractivity contribution is 5.81. The molecule has 0 aliphatic rings. The molecule has 0 aromatic rings. The second-order valence-corrected chi connectivity index (χ2v) is 7.66. The lowest BCUT2D eigenvalue weighted by Crippen LogP contribution is -2.02. The molecule has 0 fully saturated rings. The third-order valence-electron chi connectivity index (χ3n) is 4.97. The molecule has 0 N–H and O–H groups in total. The molecule has 2 nitrogen and oxygen atoms in total. The molecular formula is C24H46O2. The van der Waals surface area contributed by atoms with Crippen LogP contribution in [0.4, 0.5) is 0 Å². The van der Waals surface area contributed by atoms with Crippen LogP contribution in [-0.4, -0.2) is 12.6 Å². The fourth-order valence-electron chi connectivity index (χ4n) is 3.21. The Morgan fingerprint density at radius 2 is 1.04 bits per heavy atom. The maximum absolute atomic E-state index is 11.5. The summed E-state index contributed by atoms with van der Waals surface area (Å²) in [5.74, 6) is -0.170. The van der Waals surface area contributed by atoms with E-state index in [1.165, 1.54) is 96.3 Å². The Kier molecular flexibility index (Phi) is 21.6. The van der Waals surface area contributed by atoms with Crippen LogP contribution in [0.1, 0.15) is 129 Å². The van der Waals surface area contributed by atoms with Crippen LogP contribution < -0.4 is 0 Å². The number of hydrogen-bond acceptors (Lipinski definition) is 2. The largest absolute Gasteiger partial charge is 0.463 e. The molecule has 0 heterocycles. The number of allylic oxidation sites excluding steroid dienone is 1. The average molecular weight is 367 g/mol. The van der Waals surface area contributed by atoms with E-state index in [0.717, 1.165) is 19.3 Å². The van der Waals surface area contributed by atoms with Gasteiger partial charge in [-0.25, -0.2) is 4.79 Å². The van der Waals surface area contributed by atoms with E-state index in [0.29, 0.717) is 6.61 Å². The molecule has 2 heteroatoms. The van der Waals surface area contributed by atoms with Gasteiger partial charge in [-0.05, 0) is 19.3 Å². The summed E-state index contributed by atoms with van der Waals surface area (Å²) in [5.41, 5.74) is 0. The Labute approximate surface area is 164 Å². The molecule has 0 bridgehead atoms. The van der Waals surface area contributed by atoms with Crippen molar-refractivity contribution in [2.75, 3.05) is 6.61 Å². The molecule has 0 aliphatic carbocycles. The summed E-state index contributed by atoms with van der Waals surface area (Å²) < 4.78 is 5.18. The van der Waals surface area contributed by atoms with E-state index in [1.807, 2.05) is 6.08 Å². The predicted octanol–water partition coefficient (Wildman–Crippen LogP) is 8.15. The molecule has 0 amide bonds. The van der Waals surface area contributed by atoms with E-state index in [1.54, 1.807) is 6.08 Å². The quantitative estimate of drug-likeness (QED) is 0.123. The zero-order chi connectivity index (χ0) is 19.1. The zero-order valence-electron chi connectivity index (χ0n) is 17.9. The first-order valence-electron chi connectivity index (χ1n) is 11.6. The highest BCUT2D eigenvalue weighted by atomic mass is 16.5. The van der Waals surface area contributed by atoms with Crippen molar-refractivity contribution in [2.45, 2.75) is 129 Å². The molecule has 0 spiro atoms. The molecule has 0 aliphatic heterocycles. The molecule has 0 aromatic carbocycles. The SMILES string of the molecule is CCCCCCCCCCCCCCC/C=C/C(=O)OCCCCCC. The molecule has 0 saturated heterocycles. The van der Waals surface area contributed by atoms with Gasteiger partial charge < -0.3 is 4.74 Å². The molecule has 0 radical (unpaired) electrons. The molecule has 0 atom stereocenters. The van der Waals surface area contributed by atoms with E-state index in [2.05, 4.69) is 13.8 Å². The van der Waals surface area contributed by atoms with Crippen molar-refractivity contribution in [3.05, 3.63) is 12.2 Å². The lowest BCUT2D eigenvalue weighted by Gasteiger charge is -2.02. The lowest BCUT2D eigenvalue weighted by molar-refractivity contribution is -0.137. The van der Waals surface area contributed by atoms with Gasteiger partial charge in [0, 0.05) is 6.08 Å². The number of ether oxygens (including phenoxy) is 1. The van der Waals surface area contributed by atoms with Crippen LogP contribution in [0, 0.1) is 0 Å². The van der Waals surface area contributed by atoms with Crippen LogP contribution in [0.15, 0.2) is 12.2 Å². The predicted molar refractivity (Wildman–Crippen MR) is 115 cm³/mol. The molecule has 0 saturated carbocycles. The minimum Gasteiger partial charge on any atom is -0.463 e. The van der Waals surface area contributed by atoms with Crippen LogP contribution in [-0.2, 0) is 9.53 Å². The van der Waals surface area contributed by atoms with Gasteiger partial charge in [0.1, 0.15) is 0 Å². The topological polar surface area (TPSA) is 26.3 Å². The van der Waals surface area contributed by atoms with Crippen molar-refractivity contribution in [1.82, 2.24) is 0 Å². The number of carbonyl (C=O) groups excluding carboxylic acids is 1. The minimum atomic E-state index is -0.170. The smallest absolute Gasteiger partial charge is 0.330 e. The third kappa shape index (κ3) is 21.3. The normalized spacial score (nSPS) is 11.3. The zero-order valence-corrected chi connectivity index (χ0v) is 17.9. The van der Waals surface area contributed by atoms with Crippen molar-refractivity contribution >= 4 is 5.97 Å². The Morgan fingerprint density at radius 3 is 1.54 bits per heavy atom. The van der Waals surface area contributed by atoms with Crippen LogP contribution in [0.5, 0.6) is 0 Å². The van der Waals surface area contributed by atoms with Crippen LogP contribution in [0.2, 0.25) is 0 Å². The summed E-state index contributed by atoms with van der Waals surface area (Å²) in [6.45, 7) is 5.04. The maximum Gasteiger partial charge on any atom is 0.330 e. The Bertz CT molecular complexity index is 309. The van der Waals surface area contributed by atoms with Crippen LogP contribution in [0.3, 0.4) is 0 Å². The van der Waals surface area contributed by atoms with Gasteiger partial charge in [-0.3, -0.25) is 0 Å². The first-order valence-corrected chi connectivity index (χ1v) is 11.6. The Morgan fingerprint density at radius 1 is 0.615 bits per heavy atom. The van der Waals surface area contributed by atoms with E-state index >= 15 is 0 Å². The van der Waals surface area contributed by atoms with E-state index in [4.69, 9.17) is 4.74 Å². The lowest BCUT2D eigenvalue weighted by atomic mass is 10.0. The van der Waals surface area contributed by atoms with Gasteiger partial charge in [-0.2, -0.15) is 0 Å². The van der Waals surface area contributed by atoms with E-state index < -0.39 is 0 Å². The van der Waals surface area contributed by atoms with Gasteiger partial charge in [-0.15, -0.1) is 0 Å². The summed E-state index contributed by atoms with van der Waals surface area (Å²) in [7, 11) is 0. The highest BCUT2D eigenvalue weighted by Crippen LogP contribution is 2.13. The maximum atomic E-state index is 11.5. The first kappa shape index (κ1) is 25.2. The van der Waals surface area contributed by atoms with Crippen molar-refractivity contribution in [3.8, 4) is 0 Å². The van der Waals surface area contributed by atoms with Crippen molar-refractivity contribution in [1.29, 1.82) is 0 Å². The molecule has 0 unspecified atom stereocenters. The Balaban J connectivity index is 3.19. The number of hydrogen-bond donors (Lipinski definition) is 0. The standard InChI is InChI=1S/C24H46O2/c1-3-5-7-9-10-11-12-13-14-15-16-17-18-19-20-22-24(25)26-23-21-8-6-4-2/h20,22H,3-19,21,23H2,1-2H3/b22-20+. The fraction of sp³-hybridized carbons (Fsp3) is 0.875. The molecule has 26 heavy (non-hydrogen) atoms. The van der Waals surface area contributed by atoms with E-state index in [-0.39, 0.29) is 5.97 Å². The third-order valence-corrected chi connectivity index (χ3v) is 4.97. The number of rotatable bonds is 20. The van der Waals surface area contributed by atoms with Crippen molar-refractivity contribution in [2.24, 2.45) is 0 Å². The summed E-state index contributed by atoms with van der Waals surface area (Å²) in [6.07, 6.45) is 27.1. The summed E-state index contributed by atoms with van der Waals surface area (Å²) in [6, 6.07) is 0. The number of unbranched alkanes of at least 4 members (excludes halogenated alkanes) is 16.